The average molecular weight is 277 g/mol. The quantitative estimate of drug-likeness (QED) is 0.768. The van der Waals surface area contributed by atoms with Gasteiger partial charge in [-0.25, -0.2) is 0 Å². The lowest BCUT2D eigenvalue weighted by atomic mass is 10.00. The topological polar surface area (TPSA) is 20.3 Å². The van der Waals surface area contributed by atoms with E-state index in [1.807, 2.05) is 29.2 Å². The molecule has 0 radical (unpaired) electrons. The maximum atomic E-state index is 12.3. The molecule has 0 bridgehead atoms. The van der Waals surface area contributed by atoms with Crippen molar-refractivity contribution in [2.75, 3.05) is 6.54 Å². The van der Waals surface area contributed by atoms with Crippen LogP contribution in [0.25, 0.3) is 6.08 Å². The van der Waals surface area contributed by atoms with Crippen LogP contribution >= 0.6 is 0 Å². The van der Waals surface area contributed by atoms with Crippen molar-refractivity contribution in [2.45, 2.75) is 19.9 Å². The summed E-state index contributed by atoms with van der Waals surface area (Å²) < 4.78 is 0. The Bertz CT molecular complexity index is 687. The van der Waals surface area contributed by atoms with Crippen molar-refractivity contribution in [3.63, 3.8) is 0 Å². The van der Waals surface area contributed by atoms with Gasteiger partial charge in [0.1, 0.15) is 0 Å². The summed E-state index contributed by atoms with van der Waals surface area (Å²) in [5.41, 5.74) is 4.91. The molecule has 0 N–H and O–H groups in total. The van der Waals surface area contributed by atoms with Gasteiger partial charge >= 0.3 is 0 Å². The molecule has 0 saturated heterocycles. The molecule has 21 heavy (non-hydrogen) atoms. The minimum absolute atomic E-state index is 0.0889. The van der Waals surface area contributed by atoms with E-state index >= 15 is 0 Å². The Hall–Kier alpha value is -2.35. The van der Waals surface area contributed by atoms with Crippen molar-refractivity contribution in [3.8, 4) is 0 Å². The lowest BCUT2D eigenvalue weighted by Gasteiger charge is -2.27. The van der Waals surface area contributed by atoms with Gasteiger partial charge in [0.25, 0.3) is 0 Å². The fourth-order valence-electron chi connectivity index (χ4n) is 2.73. The molecule has 0 aliphatic carbocycles. The van der Waals surface area contributed by atoms with Gasteiger partial charge in [0.05, 0.1) is 0 Å². The molecule has 1 heterocycles. The maximum absolute atomic E-state index is 12.3. The normalized spacial score (nSPS) is 14.2. The van der Waals surface area contributed by atoms with E-state index in [2.05, 4.69) is 37.3 Å². The number of rotatable bonds is 2. The van der Waals surface area contributed by atoms with E-state index in [1.165, 1.54) is 16.7 Å². The summed E-state index contributed by atoms with van der Waals surface area (Å²) in [6.07, 6.45) is 4.53. The number of carbonyl (C=O) groups excluding carboxylic acids is 1. The lowest BCUT2D eigenvalue weighted by molar-refractivity contribution is -0.126. The van der Waals surface area contributed by atoms with Gasteiger partial charge in [-0.1, -0.05) is 54.1 Å². The van der Waals surface area contributed by atoms with Crippen LogP contribution in [-0.2, 0) is 17.8 Å². The molecule has 0 saturated carbocycles. The number of fused-ring (bicyclic) bond motifs is 1. The van der Waals surface area contributed by atoms with E-state index in [0.717, 1.165) is 18.5 Å². The van der Waals surface area contributed by atoms with Crippen molar-refractivity contribution in [1.82, 2.24) is 4.90 Å². The third kappa shape index (κ3) is 3.22. The van der Waals surface area contributed by atoms with Crippen molar-refractivity contribution >= 4 is 12.0 Å². The number of benzene rings is 2. The van der Waals surface area contributed by atoms with Crippen LogP contribution in [0.2, 0.25) is 0 Å². The Morgan fingerprint density at radius 3 is 2.71 bits per heavy atom. The smallest absolute Gasteiger partial charge is 0.246 e. The first-order chi connectivity index (χ1) is 10.2. The predicted octanol–water partition coefficient (Wildman–Crippen LogP) is 3.59. The summed E-state index contributed by atoms with van der Waals surface area (Å²) >= 11 is 0. The molecular formula is C19H19NO. The summed E-state index contributed by atoms with van der Waals surface area (Å²) in [5, 5.41) is 0. The minimum atomic E-state index is 0.0889. The van der Waals surface area contributed by atoms with Crippen molar-refractivity contribution in [2.24, 2.45) is 0 Å². The van der Waals surface area contributed by atoms with E-state index in [0.29, 0.717) is 6.54 Å². The molecule has 3 rings (SSSR count). The zero-order chi connectivity index (χ0) is 14.7. The second kappa shape index (κ2) is 5.96. The molecule has 2 aromatic rings. The molecule has 2 nitrogen and oxygen atoms in total. The van der Waals surface area contributed by atoms with Gasteiger partial charge in [-0.15, -0.1) is 0 Å². The zero-order valence-electron chi connectivity index (χ0n) is 12.3. The highest BCUT2D eigenvalue weighted by atomic mass is 16.2. The monoisotopic (exact) mass is 277 g/mol. The fraction of sp³-hybridized carbons (Fsp3) is 0.211. The number of aryl methyl sites for hydroxylation is 1. The molecule has 0 unspecified atom stereocenters. The largest absolute Gasteiger partial charge is 0.334 e. The Kier molecular flexibility index (Phi) is 3.87. The first kappa shape index (κ1) is 13.6. The Labute approximate surface area is 125 Å². The third-order valence-electron chi connectivity index (χ3n) is 3.90. The molecule has 106 valence electrons. The third-order valence-corrected chi connectivity index (χ3v) is 3.90. The van der Waals surface area contributed by atoms with Gasteiger partial charge in [-0.05, 0) is 36.1 Å². The van der Waals surface area contributed by atoms with E-state index in [9.17, 15) is 4.79 Å². The molecular weight excluding hydrogens is 258 g/mol. The summed E-state index contributed by atoms with van der Waals surface area (Å²) in [7, 11) is 0. The fourth-order valence-corrected chi connectivity index (χ4v) is 2.73. The van der Waals surface area contributed by atoms with Gasteiger partial charge in [0.2, 0.25) is 5.91 Å². The highest BCUT2D eigenvalue weighted by Crippen LogP contribution is 2.18. The minimum Gasteiger partial charge on any atom is -0.334 e. The summed E-state index contributed by atoms with van der Waals surface area (Å²) in [4.78, 5) is 14.2. The summed E-state index contributed by atoms with van der Waals surface area (Å²) in [5.74, 6) is 0.0889. The lowest BCUT2D eigenvalue weighted by Crippen LogP contribution is -2.34. The Morgan fingerprint density at radius 1 is 1.10 bits per heavy atom. The van der Waals surface area contributed by atoms with Crippen LogP contribution in [0, 0.1) is 6.92 Å². The number of nitrogens with zero attached hydrogens (tertiary/aromatic N) is 1. The number of amides is 1. The molecule has 0 atom stereocenters. The van der Waals surface area contributed by atoms with Gasteiger partial charge < -0.3 is 4.90 Å². The molecule has 1 aliphatic rings. The number of carbonyl (C=O) groups is 1. The van der Waals surface area contributed by atoms with Crippen molar-refractivity contribution in [3.05, 3.63) is 76.9 Å². The standard InChI is InChI=1S/C19H19NO/c1-15-5-4-6-16(13-15)9-10-19(21)20-12-11-17-7-2-3-8-18(17)14-20/h2-10,13H,11-12,14H2,1H3. The molecule has 1 amide bonds. The summed E-state index contributed by atoms with van der Waals surface area (Å²) in [6.45, 7) is 3.57. The van der Waals surface area contributed by atoms with E-state index in [4.69, 9.17) is 0 Å². The number of hydrogen-bond donors (Lipinski definition) is 0. The van der Waals surface area contributed by atoms with Crippen LogP contribution in [0.5, 0.6) is 0 Å². The second-order valence-electron chi connectivity index (χ2n) is 5.53. The molecule has 2 heteroatoms. The highest BCUT2D eigenvalue weighted by molar-refractivity contribution is 5.91. The highest BCUT2D eigenvalue weighted by Gasteiger charge is 2.18. The second-order valence-corrected chi connectivity index (χ2v) is 5.53. The summed E-state index contributed by atoms with van der Waals surface area (Å²) in [6, 6.07) is 16.5. The van der Waals surface area contributed by atoms with Gasteiger partial charge in [0.15, 0.2) is 0 Å². The van der Waals surface area contributed by atoms with Crippen LogP contribution < -0.4 is 0 Å². The average Bonchev–Trinajstić information content (AvgIpc) is 2.52. The Morgan fingerprint density at radius 2 is 1.90 bits per heavy atom. The van der Waals surface area contributed by atoms with Crippen LogP contribution in [-0.4, -0.2) is 17.4 Å². The number of hydrogen-bond acceptors (Lipinski definition) is 1. The van der Waals surface area contributed by atoms with Gasteiger partial charge in [-0.3, -0.25) is 4.79 Å². The molecule has 0 spiro atoms. The zero-order valence-corrected chi connectivity index (χ0v) is 12.3. The van der Waals surface area contributed by atoms with Crippen LogP contribution in [0.4, 0.5) is 0 Å². The van der Waals surface area contributed by atoms with Crippen molar-refractivity contribution in [1.29, 1.82) is 0 Å². The van der Waals surface area contributed by atoms with Crippen LogP contribution in [0.15, 0.2) is 54.6 Å². The first-order valence-corrected chi connectivity index (χ1v) is 7.33. The van der Waals surface area contributed by atoms with Gasteiger partial charge in [-0.2, -0.15) is 0 Å². The van der Waals surface area contributed by atoms with E-state index in [-0.39, 0.29) is 5.91 Å². The predicted molar refractivity (Wildman–Crippen MR) is 85.8 cm³/mol. The van der Waals surface area contributed by atoms with Crippen LogP contribution in [0.3, 0.4) is 0 Å². The maximum Gasteiger partial charge on any atom is 0.246 e. The van der Waals surface area contributed by atoms with E-state index < -0.39 is 0 Å². The van der Waals surface area contributed by atoms with Crippen LogP contribution in [0.1, 0.15) is 22.3 Å². The molecule has 2 aromatic carbocycles. The van der Waals surface area contributed by atoms with E-state index in [1.54, 1.807) is 6.08 Å². The SMILES string of the molecule is Cc1cccc(C=CC(=O)N2CCc3ccccc3C2)c1. The first-order valence-electron chi connectivity index (χ1n) is 7.33. The molecule has 1 aliphatic heterocycles. The Balaban J connectivity index is 1.69. The van der Waals surface area contributed by atoms with Gasteiger partial charge in [0, 0.05) is 19.2 Å². The van der Waals surface area contributed by atoms with Crippen molar-refractivity contribution < 1.29 is 4.79 Å². The molecule has 0 fully saturated rings. The molecule has 0 aromatic heterocycles.